The van der Waals surface area contributed by atoms with E-state index in [2.05, 4.69) is 23.5 Å². The molecule has 1 heterocycles. The summed E-state index contributed by atoms with van der Waals surface area (Å²) in [7, 11) is 0. The number of aldehydes is 1. The van der Waals surface area contributed by atoms with E-state index in [9.17, 15) is 9.18 Å². The molecular formula is C22H25FN3O+. The van der Waals surface area contributed by atoms with Crippen LogP contribution in [0.3, 0.4) is 0 Å². The Morgan fingerprint density at radius 3 is 2.70 bits per heavy atom. The van der Waals surface area contributed by atoms with Crippen LogP contribution in [0, 0.1) is 5.82 Å². The number of benzene rings is 1. The number of rotatable bonds is 8. The number of carbonyl (C=O) groups is 1. The summed E-state index contributed by atoms with van der Waals surface area (Å²) in [6.45, 7) is 0.793. The number of nitrogens with one attached hydrogen (secondary N) is 1. The van der Waals surface area contributed by atoms with Gasteiger partial charge in [-0.1, -0.05) is 24.3 Å². The number of aryl methyl sites for hydroxylation is 1. The number of allylic oxidation sites excluding steroid dienone is 2. The van der Waals surface area contributed by atoms with Crippen LogP contribution in [-0.2, 0) is 11.2 Å². The lowest BCUT2D eigenvalue weighted by atomic mass is 10.0. The maximum atomic E-state index is 13.1. The predicted molar refractivity (Wildman–Crippen MR) is 106 cm³/mol. The molecule has 27 heavy (non-hydrogen) atoms. The first-order chi connectivity index (χ1) is 13.2. The summed E-state index contributed by atoms with van der Waals surface area (Å²) in [6.07, 6.45) is 14.8. The molecule has 0 aliphatic heterocycles. The molecule has 0 spiro atoms. The van der Waals surface area contributed by atoms with Gasteiger partial charge in [0.15, 0.2) is 18.7 Å². The van der Waals surface area contributed by atoms with Crippen LogP contribution in [0.4, 0.5) is 15.8 Å². The van der Waals surface area contributed by atoms with E-state index >= 15 is 0 Å². The SMILES string of the molecule is Nc1cc(F)ccc1CCC(C=O)[n+]1ccc(NCC2=CCCC=C2)cc1. The van der Waals surface area contributed by atoms with Gasteiger partial charge in [0.25, 0.3) is 0 Å². The number of nitrogen functional groups attached to an aromatic ring is 1. The van der Waals surface area contributed by atoms with Crippen LogP contribution in [0.25, 0.3) is 0 Å². The summed E-state index contributed by atoms with van der Waals surface area (Å²) >= 11 is 0. The van der Waals surface area contributed by atoms with Gasteiger partial charge in [0.05, 0.1) is 0 Å². The quantitative estimate of drug-likeness (QED) is 0.425. The minimum Gasteiger partial charge on any atom is -0.398 e. The molecule has 0 saturated carbocycles. The molecule has 1 aromatic heterocycles. The number of nitrogens with two attached hydrogens (primary N) is 1. The van der Waals surface area contributed by atoms with E-state index in [1.54, 1.807) is 6.07 Å². The van der Waals surface area contributed by atoms with Crippen molar-refractivity contribution in [2.75, 3.05) is 17.6 Å². The van der Waals surface area contributed by atoms with Gasteiger partial charge in [-0.3, -0.25) is 4.79 Å². The lowest BCUT2D eigenvalue weighted by Crippen LogP contribution is -2.40. The third-order valence-corrected chi connectivity index (χ3v) is 4.78. The summed E-state index contributed by atoms with van der Waals surface area (Å²) < 4.78 is 15.0. The number of carbonyl (C=O) groups excluding carboxylic acids is 1. The van der Waals surface area contributed by atoms with Crippen LogP contribution < -0.4 is 15.6 Å². The predicted octanol–water partition coefficient (Wildman–Crippen LogP) is 3.76. The molecule has 0 radical (unpaired) electrons. The average Bonchev–Trinajstić information content (AvgIpc) is 2.70. The molecular weight excluding hydrogens is 341 g/mol. The third-order valence-electron chi connectivity index (χ3n) is 4.78. The van der Waals surface area contributed by atoms with Crippen LogP contribution in [-0.4, -0.2) is 12.8 Å². The van der Waals surface area contributed by atoms with Crippen molar-refractivity contribution < 1.29 is 13.8 Å². The molecule has 0 bridgehead atoms. The van der Waals surface area contributed by atoms with Crippen molar-refractivity contribution >= 4 is 17.7 Å². The Morgan fingerprint density at radius 1 is 1.22 bits per heavy atom. The van der Waals surface area contributed by atoms with Gasteiger partial charge in [-0.25, -0.2) is 4.39 Å². The van der Waals surface area contributed by atoms with Gasteiger partial charge < -0.3 is 11.1 Å². The normalized spacial score (nSPS) is 14.5. The molecule has 0 fully saturated rings. The maximum absolute atomic E-state index is 13.1. The lowest BCUT2D eigenvalue weighted by Gasteiger charge is -2.11. The molecule has 1 aliphatic rings. The molecule has 4 nitrogen and oxygen atoms in total. The maximum Gasteiger partial charge on any atom is 0.213 e. The van der Waals surface area contributed by atoms with Crippen molar-refractivity contribution in [3.8, 4) is 0 Å². The van der Waals surface area contributed by atoms with E-state index in [1.807, 2.05) is 29.1 Å². The number of nitrogens with zero attached hydrogens (tertiary/aromatic N) is 1. The third kappa shape index (κ3) is 5.26. The molecule has 1 aliphatic carbocycles. The Hall–Kier alpha value is -2.95. The first-order valence-electron chi connectivity index (χ1n) is 9.25. The standard InChI is InChI=1S/C22H24FN3O/c23-19-8-6-18(22(24)14-19)7-9-21(16-27)26-12-10-20(11-13-26)25-15-17-4-2-1-3-5-17/h2,4-6,8,10-14,16,21H,1,3,7,9,15,24H2/p+1. The minimum absolute atomic E-state index is 0.285. The highest BCUT2D eigenvalue weighted by molar-refractivity contribution is 5.54. The van der Waals surface area contributed by atoms with Crippen molar-refractivity contribution in [3.05, 3.63) is 77.9 Å². The highest BCUT2D eigenvalue weighted by Crippen LogP contribution is 2.17. The largest absolute Gasteiger partial charge is 0.398 e. The summed E-state index contributed by atoms with van der Waals surface area (Å²) in [4.78, 5) is 11.5. The van der Waals surface area contributed by atoms with Crippen molar-refractivity contribution in [1.29, 1.82) is 0 Å². The molecule has 3 N–H and O–H groups in total. The van der Waals surface area contributed by atoms with Gasteiger partial charge >= 0.3 is 0 Å². The topological polar surface area (TPSA) is 59.0 Å². The van der Waals surface area contributed by atoms with Gasteiger partial charge in [-0.2, -0.15) is 4.57 Å². The number of hydrogen-bond donors (Lipinski definition) is 2. The molecule has 1 aromatic carbocycles. The van der Waals surface area contributed by atoms with Crippen LogP contribution in [0.5, 0.6) is 0 Å². The second-order valence-electron chi connectivity index (χ2n) is 6.73. The Labute approximate surface area is 159 Å². The fourth-order valence-corrected chi connectivity index (χ4v) is 3.16. The van der Waals surface area contributed by atoms with Crippen molar-refractivity contribution in [2.45, 2.75) is 31.7 Å². The van der Waals surface area contributed by atoms with Crippen molar-refractivity contribution in [3.63, 3.8) is 0 Å². The van der Waals surface area contributed by atoms with Gasteiger partial charge in [-0.15, -0.1) is 0 Å². The summed E-state index contributed by atoms with van der Waals surface area (Å²) in [5.74, 6) is -0.347. The molecule has 3 rings (SSSR count). The molecule has 0 saturated heterocycles. The zero-order chi connectivity index (χ0) is 19.1. The van der Waals surface area contributed by atoms with Gasteiger partial charge in [0.1, 0.15) is 5.82 Å². The van der Waals surface area contributed by atoms with Crippen LogP contribution in [0.15, 0.2) is 66.5 Å². The summed E-state index contributed by atoms with van der Waals surface area (Å²) in [6, 6.07) is 8.04. The zero-order valence-corrected chi connectivity index (χ0v) is 15.3. The number of pyridine rings is 1. The summed E-state index contributed by atoms with van der Waals surface area (Å²) in [5.41, 5.74) is 9.44. The van der Waals surface area contributed by atoms with Crippen LogP contribution in [0.2, 0.25) is 0 Å². The zero-order valence-electron chi connectivity index (χ0n) is 15.3. The van der Waals surface area contributed by atoms with Gasteiger partial charge in [-0.05, 0) is 42.5 Å². The Kier molecular flexibility index (Phi) is 6.36. The molecule has 0 amide bonds. The highest BCUT2D eigenvalue weighted by Gasteiger charge is 2.18. The number of hydrogen-bond acceptors (Lipinski definition) is 3. The minimum atomic E-state index is -0.347. The van der Waals surface area contributed by atoms with E-state index in [-0.39, 0.29) is 11.9 Å². The number of anilines is 2. The van der Waals surface area contributed by atoms with E-state index in [4.69, 9.17) is 5.73 Å². The van der Waals surface area contributed by atoms with Gasteiger partial charge in [0.2, 0.25) is 6.04 Å². The van der Waals surface area contributed by atoms with Crippen LogP contribution in [0.1, 0.15) is 30.9 Å². The Bertz CT molecular complexity index is 843. The number of halogens is 1. The number of aromatic nitrogens is 1. The smallest absolute Gasteiger partial charge is 0.213 e. The van der Waals surface area contributed by atoms with Crippen molar-refractivity contribution in [2.24, 2.45) is 0 Å². The molecule has 1 atom stereocenters. The highest BCUT2D eigenvalue weighted by atomic mass is 19.1. The molecule has 2 aromatic rings. The van der Waals surface area contributed by atoms with E-state index in [0.717, 1.165) is 36.9 Å². The fourth-order valence-electron chi connectivity index (χ4n) is 3.16. The van der Waals surface area contributed by atoms with Crippen LogP contribution >= 0.6 is 0 Å². The Morgan fingerprint density at radius 2 is 2.04 bits per heavy atom. The lowest BCUT2D eigenvalue weighted by molar-refractivity contribution is -0.708. The molecule has 140 valence electrons. The molecule has 5 heteroatoms. The monoisotopic (exact) mass is 366 g/mol. The van der Waals surface area contributed by atoms with E-state index in [0.29, 0.717) is 18.5 Å². The average molecular weight is 366 g/mol. The molecule has 1 unspecified atom stereocenters. The van der Waals surface area contributed by atoms with Crippen molar-refractivity contribution in [1.82, 2.24) is 0 Å². The van der Waals surface area contributed by atoms with E-state index < -0.39 is 0 Å². The van der Waals surface area contributed by atoms with Gasteiger partial charge in [0, 0.05) is 36.5 Å². The second-order valence-corrected chi connectivity index (χ2v) is 6.73. The first kappa shape index (κ1) is 18.8. The van der Waals surface area contributed by atoms with E-state index in [1.165, 1.54) is 17.7 Å². The first-order valence-corrected chi connectivity index (χ1v) is 9.25. The Balaban J connectivity index is 1.57. The fraction of sp³-hybridized carbons (Fsp3) is 0.273. The summed E-state index contributed by atoms with van der Waals surface area (Å²) in [5, 5.41) is 3.40. The second kappa shape index (κ2) is 9.12.